The first-order chi connectivity index (χ1) is 42.9. The zero-order valence-electron chi connectivity index (χ0n) is 52.2. The Morgan fingerprint density at radius 1 is 0.844 bits per heavy atom. The van der Waals surface area contributed by atoms with E-state index in [2.05, 4.69) is 38.0 Å². The molecule has 2 aromatic carbocycles. The van der Waals surface area contributed by atoms with Gasteiger partial charge in [0.25, 0.3) is 0 Å². The van der Waals surface area contributed by atoms with E-state index in [9.17, 15) is 43.5 Å². The second-order valence-electron chi connectivity index (χ2n) is 25.5. The highest BCUT2D eigenvalue weighted by molar-refractivity contribution is 6.02. The summed E-state index contributed by atoms with van der Waals surface area (Å²) in [6, 6.07) is 8.75. The Kier molecular flexibility index (Phi) is 23.2. The number of ketones is 2. The van der Waals surface area contributed by atoms with Gasteiger partial charge in [-0.05, 0) is 155 Å². The molecular formula is C66H90F2N8O14. The lowest BCUT2D eigenvalue weighted by Gasteiger charge is -2.63. The monoisotopic (exact) mass is 1260 g/mol. The number of aliphatic hydroxyl groups is 1. The fraction of sp³-hybridized carbons (Fsp3) is 0.606. The molecule has 3 saturated carbocycles. The van der Waals surface area contributed by atoms with Crippen LogP contribution < -0.4 is 48.1 Å². The Morgan fingerprint density at radius 3 is 2.29 bits per heavy atom. The highest BCUT2D eigenvalue weighted by Crippen LogP contribution is 2.72. The van der Waals surface area contributed by atoms with E-state index in [1.807, 2.05) is 13.0 Å². The van der Waals surface area contributed by atoms with Gasteiger partial charge in [0.2, 0.25) is 29.4 Å². The fourth-order valence-electron chi connectivity index (χ4n) is 14.2. The minimum Gasteiger partial charge on any atom is -0.486 e. The molecule has 492 valence electrons. The molecule has 24 heteroatoms. The standard InChI is InChI=1S/C66H90F2N8O14/c1-6-15-56-89-54-34-46-47-33-49(67)48-32-43(77)28-29-63(48,4)65(47,68)52(78)35-64(46,5)66(54,90-56)53(79)37-86-45-26-24-42(25-27-45)74-62(85)88-36-40-20-22-41(23-21-40)73-59(82)51(19-14-31-72-61(70)84)75-60(83)57(39(2)3)76-58(81)50(69)18-12-13-30-71-55(80)38-87-44-16-10-8-7-9-11-17-44/h10,16,20-29,32,39,44,46-47,49-52,54,56-57,78H,6-9,11-15,17-19,30-31,33-38,69H2,1-5H3,(H,71,80)(H,73,82)(H,74,85)(H,75,83)(H,76,81)(H3,70,72,84)/b16-10-/t44?,46-,47-,49-,50-,51-,52-,54+,56?,57-,63-,64-,65-,66+/m0/s1. The number of carbonyl (C=O) groups is 8. The van der Waals surface area contributed by atoms with E-state index in [1.54, 1.807) is 69.3 Å². The van der Waals surface area contributed by atoms with Gasteiger partial charge in [-0.15, -0.1) is 0 Å². The summed E-state index contributed by atoms with van der Waals surface area (Å²) in [4.78, 5) is 105. The van der Waals surface area contributed by atoms with Crippen LogP contribution in [-0.4, -0.2) is 139 Å². The van der Waals surface area contributed by atoms with Crippen molar-refractivity contribution in [3.8, 4) is 5.75 Å². The number of anilines is 2. The van der Waals surface area contributed by atoms with Gasteiger partial charge < -0.3 is 66.8 Å². The lowest BCUT2D eigenvalue weighted by atomic mass is 9.44. The Bertz CT molecular complexity index is 3000. The molecule has 0 spiro atoms. The number of primary amides is 1. The number of halogens is 2. The molecule has 22 nitrogen and oxygen atoms in total. The van der Waals surface area contributed by atoms with E-state index in [1.165, 1.54) is 19.1 Å². The van der Waals surface area contributed by atoms with Crippen molar-refractivity contribution in [3.63, 3.8) is 0 Å². The second-order valence-corrected chi connectivity index (χ2v) is 25.5. The van der Waals surface area contributed by atoms with Crippen molar-refractivity contribution in [2.75, 3.05) is 36.9 Å². The van der Waals surface area contributed by atoms with Gasteiger partial charge in [-0.3, -0.25) is 34.1 Å². The Labute approximate surface area is 524 Å². The number of hydrogen-bond donors (Lipinski definition) is 9. The van der Waals surface area contributed by atoms with Crippen molar-refractivity contribution in [2.45, 2.75) is 198 Å². The van der Waals surface area contributed by atoms with Crippen LogP contribution >= 0.6 is 0 Å². The first-order valence-corrected chi connectivity index (χ1v) is 31.8. The lowest BCUT2D eigenvalue weighted by molar-refractivity contribution is -0.234. The zero-order chi connectivity index (χ0) is 65.0. The van der Waals surface area contributed by atoms with Crippen LogP contribution in [0.1, 0.15) is 136 Å². The minimum atomic E-state index is -2.35. The van der Waals surface area contributed by atoms with Gasteiger partial charge in [0.15, 0.2) is 23.3 Å². The number of rotatable bonds is 28. The Hall–Kier alpha value is -7.12. The van der Waals surface area contributed by atoms with Gasteiger partial charge in [0.1, 0.15) is 43.8 Å². The molecule has 8 rings (SSSR count). The number of benzene rings is 2. The van der Waals surface area contributed by atoms with Gasteiger partial charge in [0.05, 0.1) is 24.4 Å². The van der Waals surface area contributed by atoms with E-state index < -0.39 is 131 Å². The summed E-state index contributed by atoms with van der Waals surface area (Å²) in [5.74, 6) is -4.69. The molecule has 0 bridgehead atoms. The molecule has 90 heavy (non-hydrogen) atoms. The van der Waals surface area contributed by atoms with Crippen LogP contribution in [0.4, 0.5) is 29.7 Å². The van der Waals surface area contributed by atoms with Crippen LogP contribution in [0.5, 0.6) is 5.75 Å². The number of ether oxygens (including phenoxy) is 5. The molecule has 11 N–H and O–H groups in total. The molecule has 1 aliphatic heterocycles. The lowest BCUT2D eigenvalue weighted by Crippen LogP contribution is -2.71. The molecule has 1 heterocycles. The molecule has 7 amide bonds. The molecular weight excluding hydrogens is 1170 g/mol. The number of carbonyl (C=O) groups excluding carboxylic acids is 8. The number of alkyl halides is 2. The maximum Gasteiger partial charge on any atom is 0.411 e. The van der Waals surface area contributed by atoms with Crippen molar-refractivity contribution < 1.29 is 75.9 Å². The van der Waals surface area contributed by atoms with Crippen LogP contribution in [0.25, 0.3) is 0 Å². The molecule has 0 aromatic heterocycles. The number of unbranched alkanes of at least 4 members (excludes halogenated alkanes) is 1. The first kappa shape index (κ1) is 68.8. The van der Waals surface area contributed by atoms with Crippen molar-refractivity contribution in [1.82, 2.24) is 21.3 Å². The predicted octanol–water partition coefficient (Wildman–Crippen LogP) is 7.12. The van der Waals surface area contributed by atoms with Crippen molar-refractivity contribution in [3.05, 3.63) is 90.0 Å². The SMILES string of the molecule is CCCC1O[C@@H]2C[C@H]3[C@@H]4C[C@H](F)C5=CC(=O)C=C[C@]5(C)[C@@]4(F)[C@@H](O)C[C@]3(C)[C@]2(C(=O)COc2ccc(NC(=O)OCc3ccc(NC(=O)[C@H](CCCNC(N)=O)NC(=O)[C@@H](NC(=O)[C@@H](N)CCCCNC(=O)COC4/C=C\CCCCC4)C(C)C)cc3)cc2)O1. The number of Topliss-reactive ketones (excluding diaryl/α,β-unsaturated/α-hetero) is 1. The normalized spacial score (nSPS) is 29.6. The topological polar surface area (TPSA) is 327 Å². The summed E-state index contributed by atoms with van der Waals surface area (Å²) in [5.41, 5.74) is 5.97. The number of fused-ring (bicyclic) bond motifs is 7. The van der Waals surface area contributed by atoms with Crippen molar-refractivity contribution in [2.24, 2.45) is 40.1 Å². The highest BCUT2D eigenvalue weighted by Gasteiger charge is 2.80. The molecule has 1 saturated heterocycles. The van der Waals surface area contributed by atoms with E-state index in [-0.39, 0.29) is 75.2 Å². The summed E-state index contributed by atoms with van der Waals surface area (Å²) in [5, 5.41) is 28.2. The number of urea groups is 1. The van der Waals surface area contributed by atoms with Gasteiger partial charge in [-0.2, -0.15) is 0 Å². The Balaban J connectivity index is 0.793. The van der Waals surface area contributed by atoms with E-state index >= 15 is 8.78 Å². The minimum absolute atomic E-state index is 0.00777. The molecule has 6 aliphatic rings. The van der Waals surface area contributed by atoms with Crippen LogP contribution in [0, 0.1) is 28.6 Å². The molecule has 4 fully saturated rings. The Morgan fingerprint density at radius 2 is 1.57 bits per heavy atom. The highest BCUT2D eigenvalue weighted by atomic mass is 19.1. The molecule has 5 aliphatic carbocycles. The van der Waals surface area contributed by atoms with Crippen molar-refractivity contribution >= 4 is 58.7 Å². The van der Waals surface area contributed by atoms with Crippen molar-refractivity contribution in [1.29, 1.82) is 0 Å². The van der Waals surface area contributed by atoms with E-state index in [4.69, 9.17) is 35.2 Å². The number of allylic oxidation sites excluding steroid dienone is 5. The van der Waals surface area contributed by atoms with Crippen LogP contribution in [0.3, 0.4) is 0 Å². The number of nitrogens with one attached hydrogen (secondary N) is 6. The van der Waals surface area contributed by atoms with E-state index in [0.717, 1.165) is 38.2 Å². The van der Waals surface area contributed by atoms with Gasteiger partial charge in [-0.1, -0.05) is 77.3 Å². The molecule has 0 radical (unpaired) electrons. The number of amides is 7. The number of nitrogens with two attached hydrogens (primary N) is 2. The van der Waals surface area contributed by atoms with Crippen LogP contribution in [0.2, 0.25) is 0 Å². The average Bonchev–Trinajstić information content (AvgIpc) is 1.39. The number of hydrogen-bond acceptors (Lipinski definition) is 15. The second kappa shape index (κ2) is 30.3. The summed E-state index contributed by atoms with van der Waals surface area (Å²) in [7, 11) is 0. The third-order valence-corrected chi connectivity index (χ3v) is 19.0. The van der Waals surface area contributed by atoms with E-state index in [0.29, 0.717) is 55.6 Å². The third-order valence-electron chi connectivity index (χ3n) is 19.0. The molecule has 14 atom stereocenters. The van der Waals surface area contributed by atoms with Crippen LogP contribution in [0.15, 0.2) is 84.5 Å². The third kappa shape index (κ3) is 15.6. The van der Waals surface area contributed by atoms with Crippen LogP contribution in [-0.2, 0) is 54.3 Å². The smallest absolute Gasteiger partial charge is 0.411 e. The first-order valence-electron chi connectivity index (χ1n) is 31.8. The quantitative estimate of drug-likeness (QED) is 0.0302. The van der Waals surface area contributed by atoms with Gasteiger partial charge >= 0.3 is 12.1 Å². The van der Waals surface area contributed by atoms with Gasteiger partial charge in [0, 0.05) is 41.2 Å². The fourth-order valence-corrected chi connectivity index (χ4v) is 14.2. The van der Waals surface area contributed by atoms with Gasteiger partial charge in [-0.25, -0.2) is 18.4 Å². The summed E-state index contributed by atoms with van der Waals surface area (Å²) < 4.78 is 64.4. The predicted molar refractivity (Wildman–Crippen MR) is 330 cm³/mol. The number of aliphatic hydroxyl groups excluding tert-OH is 1. The largest absolute Gasteiger partial charge is 0.486 e. The summed E-state index contributed by atoms with van der Waals surface area (Å²) in [6.07, 6.45) is 10.0. The zero-order valence-corrected chi connectivity index (χ0v) is 52.2. The molecule has 2 unspecified atom stereocenters. The maximum atomic E-state index is 17.9. The maximum absolute atomic E-state index is 17.9. The summed E-state index contributed by atoms with van der Waals surface area (Å²) >= 11 is 0. The average molecular weight is 1260 g/mol. The summed E-state index contributed by atoms with van der Waals surface area (Å²) in [6.45, 7) is 8.58. The molecule has 2 aromatic rings.